The van der Waals surface area contributed by atoms with E-state index in [9.17, 15) is 14.7 Å². The van der Waals surface area contributed by atoms with Crippen LogP contribution in [0.2, 0.25) is 0 Å². The molecule has 0 saturated carbocycles. The molecule has 2 aromatic rings. The summed E-state index contributed by atoms with van der Waals surface area (Å²) in [6, 6.07) is 3.69. The number of carboxylic acid groups (broad SMARTS) is 1. The lowest BCUT2D eigenvalue weighted by molar-refractivity contribution is 0.0698. The van der Waals surface area contributed by atoms with Crippen molar-refractivity contribution in [3.05, 3.63) is 34.5 Å². The van der Waals surface area contributed by atoms with Crippen LogP contribution in [0.3, 0.4) is 0 Å². The van der Waals surface area contributed by atoms with Crippen LogP contribution in [0, 0.1) is 6.92 Å². The number of aromatic nitrogens is 1. The summed E-state index contributed by atoms with van der Waals surface area (Å²) in [6.07, 6.45) is 1.72. The van der Waals surface area contributed by atoms with Gasteiger partial charge in [0.05, 0.1) is 11.1 Å². The second kappa shape index (κ2) is 5.72. The van der Waals surface area contributed by atoms with Crippen LogP contribution in [0.5, 0.6) is 0 Å². The van der Waals surface area contributed by atoms with Gasteiger partial charge in [0, 0.05) is 23.2 Å². The van der Waals surface area contributed by atoms with E-state index < -0.39 is 5.97 Å². The van der Waals surface area contributed by atoms with Gasteiger partial charge in [-0.1, -0.05) is 20.8 Å². The fourth-order valence-corrected chi connectivity index (χ4v) is 2.81. The van der Waals surface area contributed by atoms with Crippen LogP contribution in [0.25, 0.3) is 10.9 Å². The zero-order chi connectivity index (χ0) is 15.7. The molecular weight excluding hydrogens is 266 g/mol. The van der Waals surface area contributed by atoms with Crippen molar-refractivity contribution in [2.45, 2.75) is 46.6 Å². The summed E-state index contributed by atoms with van der Waals surface area (Å²) in [5.74, 6) is -0.739. The quantitative estimate of drug-likeness (QED) is 0.846. The van der Waals surface area contributed by atoms with E-state index >= 15 is 0 Å². The fourth-order valence-electron chi connectivity index (χ4n) is 2.81. The molecule has 0 spiro atoms. The predicted octanol–water partition coefficient (Wildman–Crippen LogP) is 3.99. The van der Waals surface area contributed by atoms with Gasteiger partial charge >= 0.3 is 5.97 Å². The lowest BCUT2D eigenvalue weighted by Crippen LogP contribution is -2.06. The number of aldehydes is 1. The van der Waals surface area contributed by atoms with Crippen LogP contribution < -0.4 is 0 Å². The maximum Gasteiger partial charge on any atom is 0.337 e. The number of benzene rings is 1. The van der Waals surface area contributed by atoms with Gasteiger partial charge in [-0.15, -0.1) is 0 Å². The van der Waals surface area contributed by atoms with E-state index in [-0.39, 0.29) is 11.5 Å². The molecule has 2 rings (SSSR count). The number of carboxylic acids is 1. The lowest BCUT2D eigenvalue weighted by atomic mass is 9.97. The molecule has 112 valence electrons. The third kappa shape index (κ3) is 2.46. The minimum atomic E-state index is -0.949. The van der Waals surface area contributed by atoms with Crippen molar-refractivity contribution in [1.82, 2.24) is 4.57 Å². The Labute approximate surface area is 124 Å². The average molecular weight is 287 g/mol. The van der Waals surface area contributed by atoms with E-state index in [0.717, 1.165) is 29.4 Å². The summed E-state index contributed by atoms with van der Waals surface area (Å²) in [7, 11) is 0. The minimum absolute atomic E-state index is 0.210. The largest absolute Gasteiger partial charge is 0.478 e. The van der Waals surface area contributed by atoms with Crippen molar-refractivity contribution >= 4 is 23.2 Å². The number of nitrogens with zero attached hydrogens (tertiary/aromatic N) is 1. The number of carbonyl (C=O) groups excluding carboxylic acids is 1. The highest BCUT2D eigenvalue weighted by molar-refractivity contribution is 6.08. The van der Waals surface area contributed by atoms with Gasteiger partial charge in [0.1, 0.15) is 0 Å². The van der Waals surface area contributed by atoms with Gasteiger partial charge in [-0.3, -0.25) is 4.79 Å². The summed E-state index contributed by atoms with van der Waals surface area (Å²) >= 11 is 0. The van der Waals surface area contributed by atoms with Crippen molar-refractivity contribution in [3.8, 4) is 0 Å². The van der Waals surface area contributed by atoms with Gasteiger partial charge in [0.15, 0.2) is 6.29 Å². The Bertz CT molecular complexity index is 711. The second-order valence-corrected chi connectivity index (χ2v) is 5.69. The van der Waals surface area contributed by atoms with Crippen LogP contribution in [0.15, 0.2) is 12.1 Å². The molecule has 1 N–H and O–H groups in total. The van der Waals surface area contributed by atoms with E-state index in [2.05, 4.69) is 0 Å². The molecule has 0 atom stereocenters. The average Bonchev–Trinajstić information content (AvgIpc) is 2.70. The molecule has 0 fully saturated rings. The van der Waals surface area contributed by atoms with Crippen molar-refractivity contribution in [2.75, 3.05) is 0 Å². The second-order valence-electron chi connectivity index (χ2n) is 5.69. The molecule has 0 bridgehead atoms. The highest BCUT2D eigenvalue weighted by Gasteiger charge is 2.21. The van der Waals surface area contributed by atoms with Gasteiger partial charge in [0.25, 0.3) is 0 Å². The Morgan fingerprint density at radius 1 is 1.38 bits per heavy atom. The number of aryl methyl sites for hydroxylation is 1. The molecule has 0 aliphatic carbocycles. The standard InChI is InChI=1S/C17H21NO3/c1-5-6-18-11(4)15(9-19)13-7-12(10(2)3)8-14(16(13)18)17(20)21/h7-10H,5-6H2,1-4H3,(H,20,21). The number of hydrogen-bond donors (Lipinski definition) is 1. The normalized spacial score (nSPS) is 11.3. The van der Waals surface area contributed by atoms with Crippen LogP contribution in [0.1, 0.15) is 65.1 Å². The zero-order valence-electron chi connectivity index (χ0n) is 12.9. The Hall–Kier alpha value is -2.10. The summed E-state index contributed by atoms with van der Waals surface area (Å²) in [6.45, 7) is 8.65. The first-order valence-electron chi connectivity index (χ1n) is 7.27. The third-order valence-electron chi connectivity index (χ3n) is 3.95. The van der Waals surface area contributed by atoms with Crippen molar-refractivity contribution in [1.29, 1.82) is 0 Å². The van der Waals surface area contributed by atoms with Crippen LogP contribution in [0.4, 0.5) is 0 Å². The van der Waals surface area contributed by atoms with E-state index in [1.165, 1.54) is 0 Å². The van der Waals surface area contributed by atoms with Crippen LogP contribution >= 0.6 is 0 Å². The van der Waals surface area contributed by atoms with Crippen molar-refractivity contribution in [2.24, 2.45) is 0 Å². The minimum Gasteiger partial charge on any atom is -0.478 e. The molecule has 21 heavy (non-hydrogen) atoms. The Morgan fingerprint density at radius 3 is 2.52 bits per heavy atom. The maximum atomic E-state index is 11.7. The first-order valence-corrected chi connectivity index (χ1v) is 7.27. The fraction of sp³-hybridized carbons (Fsp3) is 0.412. The summed E-state index contributed by atoms with van der Waals surface area (Å²) in [5.41, 5.74) is 3.32. The topological polar surface area (TPSA) is 59.3 Å². The van der Waals surface area contributed by atoms with Crippen LogP contribution in [-0.4, -0.2) is 21.9 Å². The number of aromatic carboxylic acids is 1. The van der Waals surface area contributed by atoms with Gasteiger partial charge in [-0.25, -0.2) is 4.79 Å². The monoisotopic (exact) mass is 287 g/mol. The molecule has 0 unspecified atom stereocenters. The third-order valence-corrected chi connectivity index (χ3v) is 3.95. The molecule has 1 aromatic heterocycles. The van der Waals surface area contributed by atoms with Gasteiger partial charge in [-0.05, 0) is 37.0 Å². The van der Waals surface area contributed by atoms with E-state index in [1.807, 2.05) is 38.3 Å². The first-order chi connectivity index (χ1) is 9.92. The van der Waals surface area contributed by atoms with Crippen molar-refractivity contribution in [3.63, 3.8) is 0 Å². The number of fused-ring (bicyclic) bond motifs is 1. The molecule has 1 aromatic carbocycles. The molecule has 0 aliphatic rings. The predicted molar refractivity (Wildman–Crippen MR) is 83.4 cm³/mol. The summed E-state index contributed by atoms with van der Waals surface area (Å²) in [4.78, 5) is 23.1. The lowest BCUT2D eigenvalue weighted by Gasteiger charge is -2.11. The Balaban J connectivity index is 2.96. The number of hydrogen-bond acceptors (Lipinski definition) is 2. The molecule has 0 radical (unpaired) electrons. The summed E-state index contributed by atoms with van der Waals surface area (Å²) in [5, 5.41) is 10.3. The first kappa shape index (κ1) is 15.3. The molecule has 4 heteroatoms. The summed E-state index contributed by atoms with van der Waals surface area (Å²) < 4.78 is 1.95. The molecular formula is C17H21NO3. The maximum absolute atomic E-state index is 11.7. The smallest absolute Gasteiger partial charge is 0.337 e. The van der Waals surface area contributed by atoms with Crippen LogP contribution in [-0.2, 0) is 6.54 Å². The highest BCUT2D eigenvalue weighted by Crippen LogP contribution is 2.31. The number of carbonyl (C=O) groups is 2. The Kier molecular flexibility index (Phi) is 4.16. The van der Waals surface area contributed by atoms with Gasteiger partial charge in [0.2, 0.25) is 0 Å². The molecule has 1 heterocycles. The van der Waals surface area contributed by atoms with E-state index in [4.69, 9.17) is 0 Å². The highest BCUT2D eigenvalue weighted by atomic mass is 16.4. The zero-order valence-corrected chi connectivity index (χ0v) is 12.9. The molecule has 0 saturated heterocycles. The van der Waals surface area contributed by atoms with Gasteiger partial charge in [-0.2, -0.15) is 0 Å². The molecule has 0 aliphatic heterocycles. The molecule has 0 amide bonds. The van der Waals surface area contributed by atoms with E-state index in [0.29, 0.717) is 17.6 Å². The van der Waals surface area contributed by atoms with Gasteiger partial charge < -0.3 is 9.67 Å². The van der Waals surface area contributed by atoms with E-state index in [1.54, 1.807) is 6.07 Å². The SMILES string of the molecule is CCCn1c(C)c(C=O)c2cc(C(C)C)cc(C(=O)O)c21. The molecule has 4 nitrogen and oxygen atoms in total. The number of rotatable bonds is 5. The van der Waals surface area contributed by atoms with Crippen molar-refractivity contribution < 1.29 is 14.7 Å². The Morgan fingerprint density at radius 2 is 2.05 bits per heavy atom.